The van der Waals surface area contributed by atoms with Crippen molar-refractivity contribution in [3.63, 3.8) is 0 Å². The van der Waals surface area contributed by atoms with Crippen molar-refractivity contribution in [1.29, 1.82) is 0 Å². The Morgan fingerprint density at radius 2 is 1.56 bits per heavy atom. The number of hydrogen-bond acceptors (Lipinski definition) is 12. The molecule has 5 amide bonds. The van der Waals surface area contributed by atoms with Gasteiger partial charge < -0.3 is 45.7 Å². The van der Waals surface area contributed by atoms with Gasteiger partial charge in [0.05, 0.1) is 11.0 Å². The molecule has 1 unspecified atom stereocenters. The number of benzene rings is 2. The van der Waals surface area contributed by atoms with Crippen molar-refractivity contribution in [3.8, 4) is 5.75 Å². The first kappa shape index (κ1) is 43.6. The lowest BCUT2D eigenvalue weighted by atomic mass is 9.89. The molecule has 55 heavy (non-hydrogen) atoms. The predicted molar refractivity (Wildman–Crippen MR) is 200 cm³/mol. The molecule has 18 nitrogen and oxygen atoms in total. The van der Waals surface area contributed by atoms with Crippen LogP contribution in [0, 0.1) is 22.0 Å². The molecule has 0 aromatic heterocycles. The van der Waals surface area contributed by atoms with Crippen LogP contribution in [-0.2, 0) is 23.9 Å². The standard InChI is InChI=1S/C37H51N7O11/c1-23(2)30(41-35(49)55-37(3,4)5)29(45)22-25(8-7-17-39-34(38)48)32(46)40-26-11-9-24(10-12-26)31(33(47)43-20-18-42(6)19-21-43)54-36(50)53-28-15-13-27(14-16-28)44(51)52/h9-16,23,25,30-31H,7-8,17-22H2,1-6H3,(H,40,46)(H,41,49)(H3,38,39,48)/t25-,30+,31?/m1/s1. The van der Waals surface area contributed by atoms with Crippen molar-refractivity contribution in [2.75, 3.05) is 45.1 Å². The van der Waals surface area contributed by atoms with Gasteiger partial charge in [-0.2, -0.15) is 0 Å². The summed E-state index contributed by atoms with van der Waals surface area (Å²) in [6, 6.07) is 9.13. The highest BCUT2D eigenvalue weighted by Gasteiger charge is 2.33. The number of nitrogens with two attached hydrogens (primary N) is 1. The number of nitro groups is 1. The van der Waals surface area contributed by atoms with E-state index >= 15 is 0 Å². The molecule has 1 heterocycles. The Morgan fingerprint density at radius 3 is 2.11 bits per heavy atom. The van der Waals surface area contributed by atoms with Crippen LogP contribution in [0.1, 0.15) is 65.5 Å². The minimum atomic E-state index is -1.42. The zero-order chi connectivity index (χ0) is 40.9. The molecule has 18 heteroatoms. The summed E-state index contributed by atoms with van der Waals surface area (Å²) in [7, 11) is 1.92. The second-order valence-corrected chi connectivity index (χ2v) is 14.5. The molecule has 5 N–H and O–H groups in total. The number of likely N-dealkylation sites (N-methyl/N-ethyl adjacent to an activating group) is 1. The third-order valence-electron chi connectivity index (χ3n) is 8.52. The average Bonchev–Trinajstić information content (AvgIpc) is 3.10. The van der Waals surface area contributed by atoms with E-state index in [9.17, 15) is 38.9 Å². The second kappa shape index (κ2) is 20.1. The molecule has 0 aliphatic carbocycles. The van der Waals surface area contributed by atoms with Crippen LogP contribution in [0.4, 0.5) is 25.8 Å². The van der Waals surface area contributed by atoms with Crippen molar-refractivity contribution in [2.45, 2.75) is 71.6 Å². The summed E-state index contributed by atoms with van der Waals surface area (Å²) in [4.78, 5) is 91.5. The van der Waals surface area contributed by atoms with Gasteiger partial charge in [-0.15, -0.1) is 0 Å². The van der Waals surface area contributed by atoms with E-state index in [-0.39, 0.29) is 48.1 Å². The van der Waals surface area contributed by atoms with Crippen LogP contribution in [0.2, 0.25) is 0 Å². The number of nitro benzene ring substituents is 1. The number of primary amides is 1. The van der Waals surface area contributed by atoms with E-state index < -0.39 is 58.7 Å². The number of non-ortho nitro benzene ring substituents is 1. The lowest BCUT2D eigenvalue weighted by Crippen LogP contribution is -2.49. The fourth-order valence-corrected chi connectivity index (χ4v) is 5.60. The van der Waals surface area contributed by atoms with Crippen LogP contribution in [0.3, 0.4) is 0 Å². The Balaban J connectivity index is 1.79. The molecule has 1 aliphatic heterocycles. The van der Waals surface area contributed by atoms with Crippen molar-refractivity contribution in [1.82, 2.24) is 20.4 Å². The quantitative estimate of drug-likeness (QED) is 0.0619. The van der Waals surface area contributed by atoms with Gasteiger partial charge in [0, 0.05) is 68.4 Å². The highest BCUT2D eigenvalue weighted by Crippen LogP contribution is 2.26. The molecule has 3 rings (SSSR count). The summed E-state index contributed by atoms with van der Waals surface area (Å²) in [5.41, 5.74) is 4.77. The third kappa shape index (κ3) is 14.5. The van der Waals surface area contributed by atoms with Crippen LogP contribution >= 0.6 is 0 Å². The number of anilines is 1. The Kier molecular flexibility index (Phi) is 15.9. The Hall–Kier alpha value is -5.78. The van der Waals surface area contributed by atoms with E-state index in [0.717, 1.165) is 12.1 Å². The highest BCUT2D eigenvalue weighted by atomic mass is 16.7. The normalized spacial score (nSPS) is 14.9. The molecule has 0 radical (unpaired) electrons. The number of ether oxygens (including phenoxy) is 3. The molecule has 1 aliphatic rings. The van der Waals surface area contributed by atoms with E-state index in [0.29, 0.717) is 38.3 Å². The maximum atomic E-state index is 13.7. The number of carbonyl (C=O) groups excluding carboxylic acids is 6. The number of nitrogens with one attached hydrogen (secondary N) is 3. The maximum absolute atomic E-state index is 13.7. The molecule has 0 spiro atoms. The van der Waals surface area contributed by atoms with Crippen molar-refractivity contribution < 1.29 is 47.9 Å². The summed E-state index contributed by atoms with van der Waals surface area (Å²) >= 11 is 0. The van der Waals surface area contributed by atoms with Crippen LogP contribution in [0.25, 0.3) is 0 Å². The van der Waals surface area contributed by atoms with Gasteiger partial charge in [-0.1, -0.05) is 26.0 Å². The molecular weight excluding hydrogens is 718 g/mol. The number of hydrogen-bond donors (Lipinski definition) is 4. The van der Waals surface area contributed by atoms with Crippen molar-refractivity contribution in [3.05, 3.63) is 64.2 Å². The number of alkyl carbamates (subject to hydrolysis) is 1. The number of ketones is 1. The van der Waals surface area contributed by atoms with Crippen molar-refractivity contribution in [2.24, 2.45) is 17.6 Å². The summed E-state index contributed by atoms with van der Waals surface area (Å²) in [5, 5.41) is 18.9. The van der Waals surface area contributed by atoms with Crippen LogP contribution in [0.15, 0.2) is 48.5 Å². The van der Waals surface area contributed by atoms with Gasteiger partial charge in [-0.25, -0.2) is 14.4 Å². The number of amides is 5. The average molecular weight is 770 g/mol. The fraction of sp³-hybridized carbons (Fsp3) is 0.514. The van der Waals surface area contributed by atoms with Gasteiger partial charge >= 0.3 is 18.3 Å². The van der Waals surface area contributed by atoms with Gasteiger partial charge in [-0.05, 0) is 70.8 Å². The minimum absolute atomic E-state index is 0.0294. The van der Waals surface area contributed by atoms with Gasteiger partial charge in [-0.3, -0.25) is 24.5 Å². The lowest BCUT2D eigenvalue weighted by molar-refractivity contribution is -0.384. The second-order valence-electron chi connectivity index (χ2n) is 14.5. The number of nitrogens with zero attached hydrogens (tertiary/aromatic N) is 3. The zero-order valence-electron chi connectivity index (χ0n) is 32.0. The maximum Gasteiger partial charge on any atom is 0.514 e. The summed E-state index contributed by atoms with van der Waals surface area (Å²) in [6.07, 6.45) is -3.11. The molecular formula is C37H51N7O11. The first-order chi connectivity index (χ1) is 25.8. The molecule has 2 aromatic rings. The van der Waals surface area contributed by atoms with Gasteiger partial charge in [0.1, 0.15) is 11.4 Å². The number of urea groups is 1. The Labute approximate surface area is 319 Å². The minimum Gasteiger partial charge on any atom is -0.444 e. The van der Waals surface area contributed by atoms with Crippen LogP contribution < -0.4 is 26.4 Å². The Morgan fingerprint density at radius 1 is 0.945 bits per heavy atom. The zero-order valence-corrected chi connectivity index (χ0v) is 32.0. The van der Waals surface area contributed by atoms with E-state index in [1.165, 1.54) is 36.4 Å². The lowest BCUT2D eigenvalue weighted by Gasteiger charge is -2.34. The van der Waals surface area contributed by atoms with Gasteiger partial charge in [0.2, 0.25) is 12.0 Å². The first-order valence-electron chi connectivity index (χ1n) is 17.9. The van der Waals surface area contributed by atoms with E-state index in [1.54, 1.807) is 39.5 Å². The molecule has 1 fully saturated rings. The molecule has 2 aromatic carbocycles. The largest absolute Gasteiger partial charge is 0.514 e. The summed E-state index contributed by atoms with van der Waals surface area (Å²) in [5.74, 6) is -2.60. The monoisotopic (exact) mass is 769 g/mol. The molecule has 0 saturated carbocycles. The van der Waals surface area contributed by atoms with Crippen LogP contribution in [0.5, 0.6) is 5.75 Å². The molecule has 1 saturated heterocycles. The molecule has 3 atom stereocenters. The Bertz CT molecular complexity index is 1670. The van der Waals surface area contributed by atoms with Crippen LogP contribution in [-0.4, -0.2) is 102 Å². The predicted octanol–water partition coefficient (Wildman–Crippen LogP) is 4.14. The van der Waals surface area contributed by atoms with Crippen molar-refractivity contribution >= 4 is 47.3 Å². The van der Waals surface area contributed by atoms with Gasteiger partial charge in [0.25, 0.3) is 11.6 Å². The number of piperazine rings is 1. The third-order valence-corrected chi connectivity index (χ3v) is 8.52. The van der Waals surface area contributed by atoms with Gasteiger partial charge in [0.15, 0.2) is 5.78 Å². The highest BCUT2D eigenvalue weighted by molar-refractivity contribution is 5.97. The first-order valence-corrected chi connectivity index (χ1v) is 17.9. The van der Waals surface area contributed by atoms with E-state index in [2.05, 4.69) is 20.9 Å². The smallest absolute Gasteiger partial charge is 0.444 e. The SMILES string of the molecule is CC(C)[C@H](NC(=O)OC(C)(C)C)C(=O)C[C@@H](CCCNC(N)=O)C(=O)Nc1ccc(C(OC(=O)Oc2ccc([N+](=O)[O-])cc2)C(=O)N2CCN(C)CC2)cc1. The number of carbonyl (C=O) groups is 6. The van der Waals surface area contributed by atoms with E-state index in [4.69, 9.17) is 19.9 Å². The number of rotatable bonds is 16. The molecule has 300 valence electrons. The van der Waals surface area contributed by atoms with E-state index in [1.807, 2.05) is 7.05 Å². The topological polar surface area (TPSA) is 242 Å². The summed E-state index contributed by atoms with van der Waals surface area (Å²) < 4.78 is 16.1. The molecule has 0 bridgehead atoms. The fourth-order valence-electron chi connectivity index (χ4n) is 5.60. The number of Topliss-reactive ketones (excluding diaryl/α,β-unsaturated/α-hetero) is 1. The summed E-state index contributed by atoms with van der Waals surface area (Å²) in [6.45, 7) is 10.8.